The summed E-state index contributed by atoms with van der Waals surface area (Å²) in [6.45, 7) is -0.542. The molecule has 1 unspecified atom stereocenters. The van der Waals surface area contributed by atoms with E-state index in [1.54, 1.807) is 0 Å². The number of hydrogen-bond acceptors (Lipinski definition) is 7. The predicted molar refractivity (Wildman–Crippen MR) is 102 cm³/mol. The summed E-state index contributed by atoms with van der Waals surface area (Å²) in [5, 5.41) is 2.46. The quantitative estimate of drug-likeness (QED) is 0.620. The Bertz CT molecular complexity index is 808. The third-order valence-electron chi connectivity index (χ3n) is 5.62. The Labute approximate surface area is 172 Å². The molecule has 1 aromatic heterocycles. The first-order valence-corrected chi connectivity index (χ1v) is 10.2. The van der Waals surface area contributed by atoms with Gasteiger partial charge < -0.3 is 25.4 Å². The summed E-state index contributed by atoms with van der Waals surface area (Å²) >= 11 is 0. The van der Waals surface area contributed by atoms with Gasteiger partial charge in [-0.15, -0.1) is 0 Å². The van der Waals surface area contributed by atoms with Crippen molar-refractivity contribution >= 4 is 17.8 Å². The Morgan fingerprint density at radius 2 is 2.00 bits per heavy atom. The topological polar surface area (TPSA) is 120 Å². The van der Waals surface area contributed by atoms with Crippen LogP contribution in [0, 0.1) is 11.8 Å². The average Bonchev–Trinajstić information content (AvgIpc) is 3.44. The lowest BCUT2D eigenvalue weighted by Crippen LogP contribution is -2.56. The van der Waals surface area contributed by atoms with E-state index in [1.807, 2.05) is 0 Å². The molecule has 9 nitrogen and oxygen atoms in total. The van der Waals surface area contributed by atoms with Crippen LogP contribution in [0.15, 0.2) is 6.20 Å². The molecule has 3 aliphatic rings. The molecule has 1 aliphatic heterocycles. The lowest BCUT2D eigenvalue weighted by Gasteiger charge is -2.39. The molecule has 2 aliphatic carbocycles. The van der Waals surface area contributed by atoms with Crippen molar-refractivity contribution in [1.82, 2.24) is 15.3 Å². The Morgan fingerprint density at radius 1 is 1.27 bits per heavy atom. The SMILES string of the molecule is NC(=O)C(CC1CCC1)NC(=O)Oc1cnc(N2CC(F)(F)C2)c(OCC2CC2)n1. The summed E-state index contributed by atoms with van der Waals surface area (Å²) in [4.78, 5) is 33.4. The normalized spacial score (nSPS) is 21.2. The Kier molecular flexibility index (Phi) is 5.61. The molecule has 2 heterocycles. The summed E-state index contributed by atoms with van der Waals surface area (Å²) in [5.74, 6) is -2.55. The van der Waals surface area contributed by atoms with Crippen molar-refractivity contribution in [1.29, 1.82) is 0 Å². The van der Waals surface area contributed by atoms with E-state index in [0.717, 1.165) is 32.1 Å². The number of carbonyl (C=O) groups is 2. The molecule has 3 fully saturated rings. The fourth-order valence-electron chi connectivity index (χ4n) is 3.43. The van der Waals surface area contributed by atoms with Gasteiger partial charge in [-0.05, 0) is 31.1 Å². The first kappa shape index (κ1) is 20.5. The van der Waals surface area contributed by atoms with Crippen molar-refractivity contribution in [3.8, 4) is 11.8 Å². The number of nitrogens with zero attached hydrogens (tertiary/aromatic N) is 3. The van der Waals surface area contributed by atoms with Crippen LogP contribution in [0.25, 0.3) is 0 Å². The number of alkyl halides is 2. The van der Waals surface area contributed by atoms with Crippen molar-refractivity contribution in [3.63, 3.8) is 0 Å². The van der Waals surface area contributed by atoms with Crippen LogP contribution in [0.5, 0.6) is 11.8 Å². The number of hydrogen-bond donors (Lipinski definition) is 2. The monoisotopic (exact) mass is 425 g/mol. The van der Waals surface area contributed by atoms with E-state index in [1.165, 1.54) is 11.1 Å². The Balaban J connectivity index is 1.40. The van der Waals surface area contributed by atoms with Crippen LogP contribution in [0.1, 0.15) is 38.5 Å². The van der Waals surface area contributed by atoms with Gasteiger partial charge in [0.05, 0.1) is 25.9 Å². The first-order valence-electron chi connectivity index (χ1n) is 10.2. The number of aromatic nitrogens is 2. The van der Waals surface area contributed by atoms with E-state index >= 15 is 0 Å². The van der Waals surface area contributed by atoms with Gasteiger partial charge in [-0.25, -0.2) is 18.6 Å². The lowest BCUT2D eigenvalue weighted by molar-refractivity contribution is -0.120. The van der Waals surface area contributed by atoms with Crippen molar-refractivity contribution in [3.05, 3.63) is 6.20 Å². The molecule has 1 aromatic rings. The Hall–Kier alpha value is -2.72. The minimum Gasteiger partial charge on any atom is -0.475 e. The zero-order chi connectivity index (χ0) is 21.3. The van der Waals surface area contributed by atoms with Gasteiger partial charge in [-0.3, -0.25) is 4.79 Å². The van der Waals surface area contributed by atoms with Gasteiger partial charge in [0.15, 0.2) is 5.82 Å². The number of halogens is 2. The molecule has 1 saturated heterocycles. The number of rotatable bonds is 9. The molecule has 0 aromatic carbocycles. The molecule has 30 heavy (non-hydrogen) atoms. The number of nitrogens with two attached hydrogens (primary N) is 1. The highest BCUT2D eigenvalue weighted by atomic mass is 19.3. The molecule has 2 saturated carbocycles. The van der Waals surface area contributed by atoms with Crippen LogP contribution in [-0.4, -0.2) is 53.6 Å². The fourth-order valence-corrected chi connectivity index (χ4v) is 3.43. The van der Waals surface area contributed by atoms with Crippen LogP contribution < -0.4 is 25.4 Å². The molecule has 3 N–H and O–H groups in total. The summed E-state index contributed by atoms with van der Waals surface area (Å²) in [5.41, 5.74) is 5.38. The van der Waals surface area contributed by atoms with E-state index in [9.17, 15) is 18.4 Å². The first-order chi connectivity index (χ1) is 14.3. The van der Waals surface area contributed by atoms with Crippen molar-refractivity contribution in [2.45, 2.75) is 50.5 Å². The van der Waals surface area contributed by atoms with Crippen LogP contribution in [0.3, 0.4) is 0 Å². The van der Waals surface area contributed by atoms with Gasteiger partial charge in [0.2, 0.25) is 11.8 Å². The molecule has 1 atom stereocenters. The number of nitrogens with one attached hydrogen (secondary N) is 1. The summed E-state index contributed by atoms with van der Waals surface area (Å²) in [7, 11) is 0. The highest BCUT2D eigenvalue weighted by molar-refractivity contribution is 5.84. The lowest BCUT2D eigenvalue weighted by atomic mass is 9.81. The molecule has 4 rings (SSSR count). The molecule has 11 heteroatoms. The minimum atomic E-state index is -2.77. The van der Waals surface area contributed by atoms with Crippen molar-refractivity contribution in [2.24, 2.45) is 17.6 Å². The average molecular weight is 425 g/mol. The standard InChI is InChI=1S/C19H25F2N5O4/c20-19(21)9-26(10-19)16-17(29-8-12-4-5-12)25-14(7-23-16)30-18(28)24-13(15(22)27)6-11-2-1-3-11/h7,11-13H,1-6,8-10H2,(H2,22,27)(H,24,28). The highest BCUT2D eigenvalue weighted by Crippen LogP contribution is 2.37. The number of amides is 2. The fraction of sp³-hybridized carbons (Fsp3) is 0.684. The summed E-state index contributed by atoms with van der Waals surface area (Å²) < 4.78 is 37.3. The smallest absolute Gasteiger partial charge is 0.414 e. The second kappa shape index (κ2) is 8.19. The maximum absolute atomic E-state index is 13.2. The molecule has 2 amide bonds. The van der Waals surface area contributed by atoms with Gasteiger partial charge in [0, 0.05) is 0 Å². The van der Waals surface area contributed by atoms with E-state index < -0.39 is 37.1 Å². The second-order valence-electron chi connectivity index (χ2n) is 8.32. The molecule has 0 spiro atoms. The van der Waals surface area contributed by atoms with E-state index in [-0.39, 0.29) is 17.6 Å². The zero-order valence-corrected chi connectivity index (χ0v) is 16.5. The van der Waals surface area contributed by atoms with Crippen molar-refractivity contribution < 1.29 is 27.8 Å². The van der Waals surface area contributed by atoms with Gasteiger partial charge in [-0.1, -0.05) is 19.3 Å². The van der Waals surface area contributed by atoms with E-state index in [2.05, 4.69) is 15.3 Å². The van der Waals surface area contributed by atoms with Crippen LogP contribution >= 0.6 is 0 Å². The van der Waals surface area contributed by atoms with Gasteiger partial charge >= 0.3 is 6.09 Å². The predicted octanol–water partition coefficient (Wildman–Crippen LogP) is 1.85. The number of primary amides is 1. The number of carbonyl (C=O) groups excluding carboxylic acids is 2. The largest absolute Gasteiger partial charge is 0.475 e. The maximum atomic E-state index is 13.2. The molecule has 164 valence electrons. The highest BCUT2D eigenvalue weighted by Gasteiger charge is 2.46. The van der Waals surface area contributed by atoms with E-state index in [4.69, 9.17) is 15.2 Å². The van der Waals surface area contributed by atoms with Crippen LogP contribution in [0.2, 0.25) is 0 Å². The summed E-state index contributed by atoms with van der Waals surface area (Å²) in [6.07, 6.45) is 5.94. The third-order valence-corrected chi connectivity index (χ3v) is 5.62. The number of ether oxygens (including phenoxy) is 2. The zero-order valence-electron chi connectivity index (χ0n) is 16.5. The summed E-state index contributed by atoms with van der Waals surface area (Å²) in [6, 6.07) is -0.830. The van der Waals surface area contributed by atoms with Crippen molar-refractivity contribution in [2.75, 3.05) is 24.6 Å². The third kappa shape index (κ3) is 5.06. The van der Waals surface area contributed by atoms with E-state index in [0.29, 0.717) is 24.9 Å². The minimum absolute atomic E-state index is 0.0450. The number of anilines is 1. The second-order valence-corrected chi connectivity index (χ2v) is 8.32. The van der Waals surface area contributed by atoms with Gasteiger partial charge in [-0.2, -0.15) is 4.98 Å². The Morgan fingerprint density at radius 3 is 2.57 bits per heavy atom. The molecule has 0 bridgehead atoms. The molecule has 0 radical (unpaired) electrons. The van der Waals surface area contributed by atoms with Gasteiger partial charge in [0.25, 0.3) is 11.8 Å². The van der Waals surface area contributed by atoms with Crippen LogP contribution in [0.4, 0.5) is 19.4 Å². The molecular weight excluding hydrogens is 400 g/mol. The molecular formula is C19H25F2N5O4. The van der Waals surface area contributed by atoms with Crippen LogP contribution in [-0.2, 0) is 4.79 Å². The van der Waals surface area contributed by atoms with Gasteiger partial charge in [0.1, 0.15) is 6.04 Å². The maximum Gasteiger partial charge on any atom is 0.414 e.